The summed E-state index contributed by atoms with van der Waals surface area (Å²) in [5.74, 6) is -1.27. The number of hydrogen-bond acceptors (Lipinski definition) is 6. The number of amides is 1. The zero-order valence-corrected chi connectivity index (χ0v) is 13.8. The number of aryl methyl sites for hydroxylation is 2. The van der Waals surface area contributed by atoms with Gasteiger partial charge in [0, 0.05) is 25.5 Å². The molecule has 1 heterocycles. The van der Waals surface area contributed by atoms with E-state index in [1.54, 1.807) is 19.1 Å². The molecule has 1 amide bonds. The molecule has 0 aliphatic carbocycles. The van der Waals surface area contributed by atoms with Crippen LogP contribution in [0.3, 0.4) is 0 Å². The highest BCUT2D eigenvalue weighted by molar-refractivity contribution is 5.78. The molecule has 2 rings (SSSR count). The minimum Gasteiger partial charge on any atom is -0.479 e. The van der Waals surface area contributed by atoms with Crippen LogP contribution in [-0.4, -0.2) is 46.9 Å². The van der Waals surface area contributed by atoms with Crippen molar-refractivity contribution < 1.29 is 28.3 Å². The van der Waals surface area contributed by atoms with Gasteiger partial charge in [0.15, 0.2) is 6.10 Å². The molecule has 1 aromatic heterocycles. The average Bonchev–Trinajstić information content (AvgIpc) is 3.04. The van der Waals surface area contributed by atoms with E-state index in [1.165, 1.54) is 13.2 Å². The molecule has 2 N–H and O–H groups in total. The van der Waals surface area contributed by atoms with Gasteiger partial charge in [-0.2, -0.15) is 4.98 Å². The first-order valence-electron chi connectivity index (χ1n) is 7.52. The average molecular weight is 351 g/mol. The molecule has 1 atom stereocenters. The fourth-order valence-electron chi connectivity index (χ4n) is 2.04. The number of carboxylic acids is 1. The smallest absolute Gasteiger partial charge is 0.334 e. The maximum atomic E-state index is 13.3. The summed E-state index contributed by atoms with van der Waals surface area (Å²) < 4.78 is 23.1. The monoisotopic (exact) mass is 351 g/mol. The molecule has 9 heteroatoms. The predicted octanol–water partition coefficient (Wildman–Crippen LogP) is 1.33. The molecular weight excluding hydrogens is 333 g/mol. The molecule has 25 heavy (non-hydrogen) atoms. The van der Waals surface area contributed by atoms with Crippen molar-refractivity contribution in [2.24, 2.45) is 0 Å². The summed E-state index contributed by atoms with van der Waals surface area (Å²) in [7, 11) is 1.25. The van der Waals surface area contributed by atoms with Gasteiger partial charge < -0.3 is 19.7 Å². The quantitative estimate of drug-likeness (QED) is 0.737. The molecule has 8 nitrogen and oxygen atoms in total. The standard InChI is InChI=1S/C16H18FN3O5/c1-9-7-10(3-4-11(9)17)15-19-14(25-20-15)6-5-13(21)18-8-12(24-2)16(22)23/h3-4,7,12H,5-6,8H2,1-2H3,(H,18,21)(H,22,23). The van der Waals surface area contributed by atoms with Crippen molar-refractivity contribution in [3.05, 3.63) is 35.5 Å². The van der Waals surface area contributed by atoms with E-state index in [9.17, 15) is 14.0 Å². The Bertz CT molecular complexity index is 762. The van der Waals surface area contributed by atoms with Crippen molar-refractivity contribution in [1.82, 2.24) is 15.5 Å². The number of rotatable bonds is 8. The largest absolute Gasteiger partial charge is 0.479 e. The first-order valence-corrected chi connectivity index (χ1v) is 7.52. The van der Waals surface area contributed by atoms with Crippen molar-refractivity contribution in [3.8, 4) is 11.4 Å². The minimum absolute atomic E-state index is 0.0557. The second kappa shape index (κ2) is 8.34. The lowest BCUT2D eigenvalue weighted by molar-refractivity contribution is -0.148. The van der Waals surface area contributed by atoms with Crippen molar-refractivity contribution in [1.29, 1.82) is 0 Å². The SMILES string of the molecule is COC(CNC(=O)CCc1nc(-c2ccc(F)c(C)c2)no1)C(=O)O. The maximum Gasteiger partial charge on any atom is 0.334 e. The number of nitrogens with one attached hydrogen (secondary N) is 1. The van der Waals surface area contributed by atoms with Crippen LogP contribution in [-0.2, 0) is 20.7 Å². The number of halogens is 1. The number of hydrogen-bond donors (Lipinski definition) is 2. The minimum atomic E-state index is -1.15. The molecule has 0 saturated heterocycles. The van der Waals surface area contributed by atoms with Crippen molar-refractivity contribution in [3.63, 3.8) is 0 Å². The van der Waals surface area contributed by atoms with Gasteiger partial charge in [-0.15, -0.1) is 0 Å². The van der Waals surface area contributed by atoms with Gasteiger partial charge in [-0.25, -0.2) is 9.18 Å². The molecule has 0 saturated carbocycles. The predicted molar refractivity (Wildman–Crippen MR) is 84.2 cm³/mol. The molecule has 0 radical (unpaired) electrons. The molecule has 134 valence electrons. The highest BCUT2D eigenvalue weighted by Crippen LogP contribution is 2.19. The van der Waals surface area contributed by atoms with E-state index in [2.05, 4.69) is 15.5 Å². The second-order valence-electron chi connectivity index (χ2n) is 5.34. The van der Waals surface area contributed by atoms with Crippen LogP contribution >= 0.6 is 0 Å². The number of carboxylic acid groups (broad SMARTS) is 1. The summed E-state index contributed by atoms with van der Waals surface area (Å²) in [5, 5.41) is 15.1. The third-order valence-electron chi connectivity index (χ3n) is 3.49. The van der Waals surface area contributed by atoms with Crippen LogP contribution in [0.25, 0.3) is 11.4 Å². The molecule has 0 aliphatic rings. The number of methoxy groups -OCH3 is 1. The highest BCUT2D eigenvalue weighted by atomic mass is 19.1. The zero-order chi connectivity index (χ0) is 18.4. The number of aromatic nitrogens is 2. The molecule has 1 unspecified atom stereocenters. The van der Waals surface area contributed by atoms with Crippen molar-refractivity contribution in [2.75, 3.05) is 13.7 Å². The molecule has 1 aromatic carbocycles. The molecule has 0 aliphatic heterocycles. The van der Waals surface area contributed by atoms with E-state index >= 15 is 0 Å². The van der Waals surface area contributed by atoms with Gasteiger partial charge in [0.2, 0.25) is 17.6 Å². The topological polar surface area (TPSA) is 115 Å². The normalized spacial score (nSPS) is 12.0. The van der Waals surface area contributed by atoms with E-state index in [0.717, 1.165) is 0 Å². The van der Waals surface area contributed by atoms with Gasteiger partial charge in [0.05, 0.1) is 6.54 Å². The molecule has 2 aromatic rings. The molecular formula is C16H18FN3O5. The Kier molecular flexibility index (Phi) is 6.18. The summed E-state index contributed by atoms with van der Waals surface area (Å²) in [5.41, 5.74) is 1.08. The van der Waals surface area contributed by atoms with E-state index in [4.69, 9.17) is 14.4 Å². The summed E-state index contributed by atoms with van der Waals surface area (Å²) >= 11 is 0. The lowest BCUT2D eigenvalue weighted by Crippen LogP contribution is -2.37. The summed E-state index contributed by atoms with van der Waals surface area (Å²) in [6, 6.07) is 4.47. The number of carbonyl (C=O) groups is 2. The van der Waals surface area contributed by atoms with Crippen molar-refractivity contribution in [2.45, 2.75) is 25.9 Å². The lowest BCUT2D eigenvalue weighted by Gasteiger charge is -2.10. The fourth-order valence-corrected chi connectivity index (χ4v) is 2.04. The third kappa shape index (κ3) is 5.08. The van der Waals surface area contributed by atoms with Gasteiger partial charge in [-0.3, -0.25) is 4.79 Å². The Morgan fingerprint density at radius 1 is 1.44 bits per heavy atom. The summed E-state index contributed by atoms with van der Waals surface area (Å²) in [4.78, 5) is 26.7. The maximum absolute atomic E-state index is 13.3. The van der Waals surface area contributed by atoms with Gasteiger partial charge >= 0.3 is 5.97 Å². The molecule has 0 fully saturated rings. The molecule has 0 bridgehead atoms. The van der Waals surface area contributed by atoms with E-state index in [1.807, 2.05) is 0 Å². The van der Waals surface area contributed by atoms with Crippen molar-refractivity contribution >= 4 is 11.9 Å². The number of ether oxygens (including phenoxy) is 1. The van der Waals surface area contributed by atoms with Gasteiger partial charge in [-0.05, 0) is 30.7 Å². The number of aliphatic carboxylic acids is 1. The van der Waals surface area contributed by atoms with Gasteiger partial charge in [0.25, 0.3) is 0 Å². The Balaban J connectivity index is 1.87. The van der Waals surface area contributed by atoms with Crippen LogP contribution in [0.2, 0.25) is 0 Å². The summed E-state index contributed by atoms with van der Waals surface area (Å²) in [6.45, 7) is 1.50. The Hall–Kier alpha value is -2.81. The Labute approximate surface area is 143 Å². The number of carbonyl (C=O) groups excluding carboxylic acids is 1. The van der Waals surface area contributed by atoms with Gasteiger partial charge in [-0.1, -0.05) is 5.16 Å². The second-order valence-corrected chi connectivity index (χ2v) is 5.34. The van der Waals surface area contributed by atoms with Crippen LogP contribution in [0.5, 0.6) is 0 Å². The lowest BCUT2D eigenvalue weighted by atomic mass is 10.1. The van der Waals surface area contributed by atoms with E-state index in [0.29, 0.717) is 17.0 Å². The number of benzene rings is 1. The van der Waals surface area contributed by atoms with Crippen LogP contribution in [0, 0.1) is 12.7 Å². The first-order chi connectivity index (χ1) is 11.9. The van der Waals surface area contributed by atoms with E-state index < -0.39 is 12.1 Å². The zero-order valence-electron chi connectivity index (χ0n) is 13.8. The van der Waals surface area contributed by atoms with E-state index in [-0.39, 0.29) is 37.0 Å². The first kappa shape index (κ1) is 18.5. The fraction of sp³-hybridized carbons (Fsp3) is 0.375. The molecule has 0 spiro atoms. The van der Waals surface area contributed by atoms with Crippen LogP contribution in [0.1, 0.15) is 17.9 Å². The van der Waals surface area contributed by atoms with Gasteiger partial charge in [0.1, 0.15) is 5.82 Å². The summed E-state index contributed by atoms with van der Waals surface area (Å²) in [6.07, 6.45) is -0.843. The Morgan fingerprint density at radius 3 is 2.84 bits per heavy atom. The Morgan fingerprint density at radius 2 is 2.20 bits per heavy atom. The van der Waals surface area contributed by atoms with Crippen LogP contribution < -0.4 is 5.32 Å². The number of nitrogens with zero attached hydrogens (tertiary/aromatic N) is 2. The third-order valence-corrected chi connectivity index (χ3v) is 3.49. The van der Waals surface area contributed by atoms with Crippen LogP contribution in [0.15, 0.2) is 22.7 Å². The highest BCUT2D eigenvalue weighted by Gasteiger charge is 2.17. The van der Waals surface area contributed by atoms with Crippen LogP contribution in [0.4, 0.5) is 4.39 Å².